The fourth-order valence-corrected chi connectivity index (χ4v) is 2.85. The van der Waals surface area contributed by atoms with Crippen LogP contribution in [0.1, 0.15) is 43.0 Å². The van der Waals surface area contributed by atoms with E-state index in [0.29, 0.717) is 12.6 Å². The summed E-state index contributed by atoms with van der Waals surface area (Å²) < 4.78 is 6.02. The molecule has 0 atom stereocenters. The predicted molar refractivity (Wildman–Crippen MR) is 84.5 cm³/mol. The van der Waals surface area contributed by atoms with E-state index in [1.54, 1.807) is 7.11 Å². The topological polar surface area (TPSA) is 29.5 Å². The van der Waals surface area contributed by atoms with Gasteiger partial charge in [0.25, 0.3) is 0 Å². The van der Waals surface area contributed by atoms with E-state index in [1.165, 1.54) is 19.3 Å². The molecule has 110 valence electrons. The SMILES string of the molecule is CCCCN(CC(=O)c1ccc(OC)c(Br)c1)C1CC1. The molecule has 0 aliphatic heterocycles. The Morgan fingerprint density at radius 2 is 2.20 bits per heavy atom. The highest BCUT2D eigenvalue weighted by atomic mass is 79.9. The number of Topliss-reactive ketones (excluding diaryl/α,β-unsaturated/α-hetero) is 1. The quantitative estimate of drug-likeness (QED) is 0.672. The first-order valence-corrected chi connectivity index (χ1v) is 8.05. The summed E-state index contributed by atoms with van der Waals surface area (Å²) in [4.78, 5) is 14.7. The van der Waals surface area contributed by atoms with Crippen molar-refractivity contribution in [1.29, 1.82) is 0 Å². The molecule has 1 aliphatic rings. The number of rotatable bonds is 8. The van der Waals surface area contributed by atoms with E-state index in [1.807, 2.05) is 18.2 Å². The Bertz CT molecular complexity index is 472. The van der Waals surface area contributed by atoms with Crippen LogP contribution in [0, 0.1) is 0 Å². The molecule has 1 aromatic carbocycles. The first kappa shape index (κ1) is 15.5. The second kappa shape index (κ2) is 7.23. The van der Waals surface area contributed by atoms with Crippen molar-refractivity contribution in [2.45, 2.75) is 38.6 Å². The van der Waals surface area contributed by atoms with Crippen molar-refractivity contribution in [2.75, 3.05) is 20.2 Å². The monoisotopic (exact) mass is 339 g/mol. The smallest absolute Gasteiger partial charge is 0.176 e. The number of ketones is 1. The molecule has 0 aromatic heterocycles. The maximum absolute atomic E-state index is 12.4. The van der Waals surface area contributed by atoms with Gasteiger partial charge in [-0.1, -0.05) is 13.3 Å². The largest absolute Gasteiger partial charge is 0.496 e. The van der Waals surface area contributed by atoms with Crippen LogP contribution in [0.15, 0.2) is 22.7 Å². The molecule has 1 aromatic rings. The molecule has 0 bridgehead atoms. The van der Waals surface area contributed by atoms with Crippen LogP contribution in [-0.4, -0.2) is 36.9 Å². The summed E-state index contributed by atoms with van der Waals surface area (Å²) in [6.07, 6.45) is 4.81. The molecule has 20 heavy (non-hydrogen) atoms. The second-order valence-corrected chi connectivity index (χ2v) is 6.18. The van der Waals surface area contributed by atoms with Crippen molar-refractivity contribution in [3.63, 3.8) is 0 Å². The Balaban J connectivity index is 2.00. The number of carbonyl (C=O) groups is 1. The van der Waals surface area contributed by atoms with Gasteiger partial charge in [-0.2, -0.15) is 0 Å². The number of hydrogen-bond acceptors (Lipinski definition) is 3. The zero-order valence-electron chi connectivity index (χ0n) is 12.2. The lowest BCUT2D eigenvalue weighted by molar-refractivity contribution is 0.0923. The zero-order chi connectivity index (χ0) is 14.5. The van der Waals surface area contributed by atoms with Crippen molar-refractivity contribution in [3.05, 3.63) is 28.2 Å². The van der Waals surface area contributed by atoms with Crippen molar-refractivity contribution >= 4 is 21.7 Å². The van der Waals surface area contributed by atoms with Crippen molar-refractivity contribution < 1.29 is 9.53 Å². The molecule has 0 spiro atoms. The van der Waals surface area contributed by atoms with Gasteiger partial charge < -0.3 is 4.74 Å². The van der Waals surface area contributed by atoms with Gasteiger partial charge >= 0.3 is 0 Å². The van der Waals surface area contributed by atoms with E-state index in [4.69, 9.17) is 4.74 Å². The van der Waals surface area contributed by atoms with Crippen LogP contribution in [0.3, 0.4) is 0 Å². The standard InChI is InChI=1S/C16H22BrNO2/c1-3-4-9-18(13-6-7-13)11-15(19)12-5-8-16(20-2)14(17)10-12/h5,8,10,13H,3-4,6-7,9,11H2,1-2H3. The number of benzene rings is 1. The van der Waals surface area contributed by atoms with E-state index in [-0.39, 0.29) is 5.78 Å². The van der Waals surface area contributed by atoms with Gasteiger partial charge in [0.2, 0.25) is 0 Å². The minimum absolute atomic E-state index is 0.191. The van der Waals surface area contributed by atoms with Crippen LogP contribution < -0.4 is 4.74 Å². The number of nitrogens with zero attached hydrogens (tertiary/aromatic N) is 1. The van der Waals surface area contributed by atoms with Crippen molar-refractivity contribution in [2.24, 2.45) is 0 Å². The van der Waals surface area contributed by atoms with E-state index in [9.17, 15) is 4.79 Å². The van der Waals surface area contributed by atoms with Crippen molar-refractivity contribution in [1.82, 2.24) is 4.90 Å². The highest BCUT2D eigenvalue weighted by molar-refractivity contribution is 9.10. The summed E-state index contributed by atoms with van der Waals surface area (Å²) in [5, 5.41) is 0. The molecular formula is C16H22BrNO2. The highest BCUT2D eigenvalue weighted by Gasteiger charge is 2.29. The van der Waals surface area contributed by atoms with Crippen molar-refractivity contribution in [3.8, 4) is 5.75 Å². The summed E-state index contributed by atoms with van der Waals surface area (Å²) in [5.41, 5.74) is 0.750. The Kier molecular flexibility index (Phi) is 5.61. The lowest BCUT2D eigenvalue weighted by Crippen LogP contribution is -2.32. The molecule has 0 amide bonds. The maximum atomic E-state index is 12.4. The fraction of sp³-hybridized carbons (Fsp3) is 0.562. The first-order valence-electron chi connectivity index (χ1n) is 7.26. The molecule has 0 heterocycles. The summed E-state index contributed by atoms with van der Waals surface area (Å²) in [6, 6.07) is 6.17. The van der Waals surface area contributed by atoms with Gasteiger partial charge in [0, 0.05) is 11.6 Å². The van der Waals surface area contributed by atoms with Crippen LogP contribution in [0.4, 0.5) is 0 Å². The van der Waals surface area contributed by atoms with Gasteiger partial charge in [-0.15, -0.1) is 0 Å². The third-order valence-electron chi connectivity index (χ3n) is 3.68. The predicted octanol–water partition coefficient (Wildman–Crippen LogP) is 3.90. The Labute approximate surface area is 129 Å². The minimum atomic E-state index is 0.191. The van der Waals surface area contributed by atoms with Gasteiger partial charge in [0.05, 0.1) is 18.1 Å². The molecule has 0 radical (unpaired) electrons. The molecule has 1 fully saturated rings. The molecule has 4 heteroatoms. The molecule has 0 N–H and O–H groups in total. The molecule has 2 rings (SSSR count). The average Bonchev–Trinajstić information content (AvgIpc) is 3.27. The normalized spacial score (nSPS) is 14.6. The van der Waals surface area contributed by atoms with Gasteiger partial charge in [0.15, 0.2) is 5.78 Å². The Morgan fingerprint density at radius 3 is 2.75 bits per heavy atom. The van der Waals surface area contributed by atoms with Crippen LogP contribution in [0.5, 0.6) is 5.75 Å². The van der Waals surface area contributed by atoms with E-state index >= 15 is 0 Å². The lowest BCUT2D eigenvalue weighted by atomic mass is 10.1. The van der Waals surface area contributed by atoms with Gasteiger partial charge in [-0.3, -0.25) is 9.69 Å². The summed E-state index contributed by atoms with van der Waals surface area (Å²) in [7, 11) is 1.63. The fourth-order valence-electron chi connectivity index (χ4n) is 2.31. The van der Waals surface area contributed by atoms with Crippen LogP contribution in [0.2, 0.25) is 0 Å². The number of unbranched alkanes of at least 4 members (excludes halogenated alkanes) is 1. The third kappa shape index (κ3) is 4.06. The van der Waals surface area contributed by atoms with Gasteiger partial charge in [-0.05, 0) is 59.9 Å². The number of halogens is 1. The molecule has 1 aliphatic carbocycles. The van der Waals surface area contributed by atoms with Crippen LogP contribution in [-0.2, 0) is 0 Å². The third-order valence-corrected chi connectivity index (χ3v) is 4.30. The number of carbonyl (C=O) groups excluding carboxylic acids is 1. The molecule has 0 saturated heterocycles. The molecule has 0 unspecified atom stereocenters. The van der Waals surface area contributed by atoms with E-state index < -0.39 is 0 Å². The van der Waals surface area contributed by atoms with Crippen LogP contribution in [0.25, 0.3) is 0 Å². The second-order valence-electron chi connectivity index (χ2n) is 5.33. The van der Waals surface area contributed by atoms with E-state index in [0.717, 1.165) is 28.8 Å². The first-order chi connectivity index (χ1) is 9.65. The van der Waals surface area contributed by atoms with Crippen LogP contribution >= 0.6 is 15.9 Å². The molecule has 1 saturated carbocycles. The van der Waals surface area contributed by atoms with E-state index in [2.05, 4.69) is 27.8 Å². The molecule has 3 nitrogen and oxygen atoms in total. The zero-order valence-corrected chi connectivity index (χ0v) is 13.8. The van der Waals surface area contributed by atoms with Gasteiger partial charge in [0.1, 0.15) is 5.75 Å². The maximum Gasteiger partial charge on any atom is 0.176 e. The number of hydrogen-bond donors (Lipinski definition) is 0. The highest BCUT2D eigenvalue weighted by Crippen LogP contribution is 2.28. The molecular weight excluding hydrogens is 318 g/mol. The Morgan fingerprint density at radius 1 is 1.45 bits per heavy atom. The summed E-state index contributed by atoms with van der Waals surface area (Å²) >= 11 is 3.43. The average molecular weight is 340 g/mol. The summed E-state index contributed by atoms with van der Waals surface area (Å²) in [6.45, 7) is 3.75. The van der Waals surface area contributed by atoms with Gasteiger partial charge in [-0.25, -0.2) is 0 Å². The lowest BCUT2D eigenvalue weighted by Gasteiger charge is -2.20. The number of methoxy groups -OCH3 is 1. The number of ether oxygens (including phenoxy) is 1. The minimum Gasteiger partial charge on any atom is -0.496 e. The Hall–Kier alpha value is -0.870. The summed E-state index contributed by atoms with van der Waals surface area (Å²) in [5.74, 6) is 0.947.